The fourth-order valence-electron chi connectivity index (χ4n) is 11.3. The van der Waals surface area contributed by atoms with Crippen LogP contribution in [0.2, 0.25) is 0 Å². The summed E-state index contributed by atoms with van der Waals surface area (Å²) in [6.45, 7) is 4.94. The number of rotatable bonds is 67. The van der Waals surface area contributed by atoms with Crippen molar-refractivity contribution in [1.29, 1.82) is 0 Å². The Labute approximate surface area is 488 Å². The van der Waals surface area contributed by atoms with E-state index in [2.05, 4.69) is 43.5 Å². The minimum atomic E-state index is -0.660. The summed E-state index contributed by atoms with van der Waals surface area (Å²) in [6, 6.07) is -0.537. The highest BCUT2D eigenvalue weighted by atomic mass is 16.5. The smallest absolute Gasteiger partial charge is 0.305 e. The highest BCUT2D eigenvalue weighted by molar-refractivity contribution is 5.76. The lowest BCUT2D eigenvalue weighted by Gasteiger charge is -2.22. The Morgan fingerprint density at radius 1 is 0.359 bits per heavy atom. The Bertz CT molecular complexity index is 1220. The molecule has 2 atom stereocenters. The van der Waals surface area contributed by atoms with E-state index in [4.69, 9.17) is 4.74 Å². The normalized spacial score (nSPS) is 12.6. The lowest BCUT2D eigenvalue weighted by atomic mass is 10.0. The van der Waals surface area contributed by atoms with Gasteiger partial charge in [0, 0.05) is 12.8 Å². The predicted molar refractivity (Wildman–Crippen MR) is 343 cm³/mol. The third-order valence-electron chi connectivity index (χ3n) is 16.8. The molecule has 462 valence electrons. The first kappa shape index (κ1) is 76.3. The minimum Gasteiger partial charge on any atom is -0.466 e. The van der Waals surface area contributed by atoms with Crippen LogP contribution in [0.15, 0.2) is 24.3 Å². The fraction of sp³-hybridized carbons (Fsp3) is 0.917. The lowest BCUT2D eigenvalue weighted by Crippen LogP contribution is -2.45. The summed E-state index contributed by atoms with van der Waals surface area (Å²) < 4.78 is 5.48. The van der Waals surface area contributed by atoms with Gasteiger partial charge in [-0.3, -0.25) is 9.59 Å². The van der Waals surface area contributed by atoms with E-state index in [-0.39, 0.29) is 18.5 Å². The van der Waals surface area contributed by atoms with Crippen LogP contribution in [0.1, 0.15) is 399 Å². The van der Waals surface area contributed by atoms with Crippen LogP contribution in [0.4, 0.5) is 0 Å². The van der Waals surface area contributed by atoms with Crippen molar-refractivity contribution in [3.05, 3.63) is 24.3 Å². The number of amides is 1. The van der Waals surface area contributed by atoms with Crippen molar-refractivity contribution < 1.29 is 24.5 Å². The van der Waals surface area contributed by atoms with Gasteiger partial charge in [-0.05, 0) is 51.4 Å². The van der Waals surface area contributed by atoms with Gasteiger partial charge in [0.05, 0.1) is 25.4 Å². The van der Waals surface area contributed by atoms with Crippen molar-refractivity contribution in [2.45, 2.75) is 411 Å². The maximum atomic E-state index is 12.5. The van der Waals surface area contributed by atoms with Crippen molar-refractivity contribution in [2.24, 2.45) is 0 Å². The first-order valence-electron chi connectivity index (χ1n) is 35.6. The molecule has 6 nitrogen and oxygen atoms in total. The topological polar surface area (TPSA) is 95.9 Å². The highest BCUT2D eigenvalue weighted by Gasteiger charge is 2.20. The molecule has 0 rings (SSSR count). The van der Waals surface area contributed by atoms with Gasteiger partial charge in [-0.1, -0.05) is 359 Å². The number of ether oxygens (including phenoxy) is 1. The van der Waals surface area contributed by atoms with Gasteiger partial charge in [0.2, 0.25) is 5.91 Å². The number of esters is 1. The van der Waals surface area contributed by atoms with E-state index in [0.29, 0.717) is 25.9 Å². The molecule has 0 aromatic heterocycles. The van der Waals surface area contributed by atoms with Crippen LogP contribution >= 0.6 is 0 Å². The summed E-state index contributed by atoms with van der Waals surface area (Å²) in [6.07, 6.45) is 85.2. The zero-order valence-corrected chi connectivity index (χ0v) is 52.9. The molecule has 2 unspecified atom stereocenters. The number of hydrogen-bond donors (Lipinski definition) is 3. The fourth-order valence-corrected chi connectivity index (χ4v) is 11.3. The largest absolute Gasteiger partial charge is 0.466 e. The average molecular weight is 1100 g/mol. The zero-order chi connectivity index (χ0) is 56.4. The van der Waals surface area contributed by atoms with Crippen molar-refractivity contribution in [1.82, 2.24) is 5.32 Å². The molecule has 0 bridgehead atoms. The quantitative estimate of drug-likeness (QED) is 0.0320. The molecule has 78 heavy (non-hydrogen) atoms. The molecule has 0 saturated heterocycles. The maximum absolute atomic E-state index is 12.5. The number of allylic oxidation sites excluding steroid dienone is 4. The van der Waals surface area contributed by atoms with Crippen molar-refractivity contribution in [2.75, 3.05) is 13.2 Å². The first-order valence-corrected chi connectivity index (χ1v) is 35.6. The molecule has 0 aromatic carbocycles. The second-order valence-corrected chi connectivity index (χ2v) is 24.6. The average Bonchev–Trinajstić information content (AvgIpc) is 3.44. The second kappa shape index (κ2) is 67.8. The molecule has 1 amide bonds. The lowest BCUT2D eigenvalue weighted by molar-refractivity contribution is -0.143. The minimum absolute atomic E-state index is 0.00706. The van der Waals surface area contributed by atoms with Gasteiger partial charge in [-0.2, -0.15) is 0 Å². The van der Waals surface area contributed by atoms with Gasteiger partial charge in [-0.25, -0.2) is 0 Å². The summed E-state index contributed by atoms with van der Waals surface area (Å²) in [4.78, 5) is 24.6. The van der Waals surface area contributed by atoms with Gasteiger partial charge >= 0.3 is 5.97 Å². The number of carbonyl (C=O) groups is 2. The van der Waals surface area contributed by atoms with E-state index in [1.807, 2.05) is 0 Å². The van der Waals surface area contributed by atoms with Crippen LogP contribution in [-0.2, 0) is 14.3 Å². The molecule has 0 fully saturated rings. The molecule has 3 N–H and O–H groups in total. The van der Waals surface area contributed by atoms with Gasteiger partial charge in [0.25, 0.3) is 0 Å². The summed E-state index contributed by atoms with van der Waals surface area (Å²) >= 11 is 0. The van der Waals surface area contributed by atoms with E-state index < -0.39 is 12.1 Å². The van der Waals surface area contributed by atoms with Crippen LogP contribution < -0.4 is 5.32 Å². The summed E-state index contributed by atoms with van der Waals surface area (Å²) in [7, 11) is 0. The number of aliphatic hydroxyl groups excluding tert-OH is 2. The van der Waals surface area contributed by atoms with Crippen molar-refractivity contribution in [3.8, 4) is 0 Å². The van der Waals surface area contributed by atoms with Crippen LogP contribution in [0.3, 0.4) is 0 Å². The molecule has 0 aliphatic heterocycles. The first-order chi connectivity index (χ1) is 38.5. The number of hydrogen-bond acceptors (Lipinski definition) is 5. The van der Waals surface area contributed by atoms with Crippen molar-refractivity contribution in [3.63, 3.8) is 0 Å². The van der Waals surface area contributed by atoms with E-state index in [1.54, 1.807) is 0 Å². The summed E-state index contributed by atoms with van der Waals surface area (Å²) in [5.74, 6) is -0.0204. The molecule has 0 aliphatic carbocycles. The van der Waals surface area contributed by atoms with Gasteiger partial charge in [0.15, 0.2) is 0 Å². The van der Waals surface area contributed by atoms with Crippen LogP contribution in [0.5, 0.6) is 0 Å². The zero-order valence-electron chi connectivity index (χ0n) is 52.9. The predicted octanol–water partition coefficient (Wildman–Crippen LogP) is 22.9. The van der Waals surface area contributed by atoms with E-state index in [9.17, 15) is 19.8 Å². The highest BCUT2D eigenvalue weighted by Crippen LogP contribution is 2.19. The van der Waals surface area contributed by atoms with Crippen LogP contribution in [0.25, 0.3) is 0 Å². The molecular formula is C72H139NO5. The second-order valence-electron chi connectivity index (χ2n) is 24.6. The number of unbranched alkanes of at least 4 members (excludes halogenated alkanes) is 52. The molecule has 0 aromatic rings. The Kier molecular flexibility index (Phi) is 66.4. The Balaban J connectivity index is 3.31. The molecule has 0 heterocycles. The SMILES string of the molecule is CCCC/C=C\C/C=C\CCCCCCCC(=O)OCCCCCCCCCCCCCCCCCCCCCCCCCCCCCCCCCCC(=O)NC(CO)C(O)CCCCCCCCCCCCCCCCC. The van der Waals surface area contributed by atoms with Crippen LogP contribution in [0, 0.1) is 0 Å². The third-order valence-corrected chi connectivity index (χ3v) is 16.8. The van der Waals surface area contributed by atoms with Gasteiger partial charge < -0.3 is 20.3 Å². The standard InChI is InChI=1S/C72H139NO5/c1-3-5-7-9-11-13-15-17-37-40-44-48-52-56-60-64-70(75)69(68-74)73-71(76)65-61-57-53-49-45-41-38-35-33-31-29-27-25-23-21-19-20-22-24-26-28-30-32-34-36-39-43-47-51-55-59-63-67-78-72(77)66-62-58-54-50-46-42-18-16-14-12-10-8-6-4-2/h10,12,16,18,69-70,74-75H,3-9,11,13-15,17,19-68H2,1-2H3,(H,73,76)/b12-10-,18-16-. The Morgan fingerprint density at radius 2 is 0.654 bits per heavy atom. The third kappa shape index (κ3) is 63.5. The Morgan fingerprint density at radius 3 is 1.01 bits per heavy atom. The number of aliphatic hydroxyl groups is 2. The van der Waals surface area contributed by atoms with E-state index >= 15 is 0 Å². The molecule has 0 aliphatic rings. The van der Waals surface area contributed by atoms with Gasteiger partial charge in [0.1, 0.15) is 0 Å². The van der Waals surface area contributed by atoms with E-state index in [1.165, 1.54) is 315 Å². The molecule has 0 radical (unpaired) electrons. The molecular weight excluding hydrogens is 959 g/mol. The van der Waals surface area contributed by atoms with Crippen molar-refractivity contribution >= 4 is 11.9 Å². The molecule has 0 spiro atoms. The number of carbonyl (C=O) groups excluding carboxylic acids is 2. The monoisotopic (exact) mass is 1100 g/mol. The molecule has 0 saturated carbocycles. The number of nitrogens with one attached hydrogen (secondary N) is 1. The van der Waals surface area contributed by atoms with E-state index in [0.717, 1.165) is 51.4 Å². The Hall–Kier alpha value is -1.66. The van der Waals surface area contributed by atoms with Crippen LogP contribution in [-0.4, -0.2) is 47.4 Å². The summed E-state index contributed by atoms with van der Waals surface area (Å²) in [5, 5.41) is 23.3. The van der Waals surface area contributed by atoms with Gasteiger partial charge in [-0.15, -0.1) is 0 Å². The maximum Gasteiger partial charge on any atom is 0.305 e. The summed E-state index contributed by atoms with van der Waals surface area (Å²) in [5.41, 5.74) is 0. The molecule has 6 heteroatoms.